The highest BCUT2D eigenvalue weighted by atomic mass is 16.6. The number of esters is 1. The van der Waals surface area contributed by atoms with Crippen LogP contribution in [-0.2, 0) is 9.47 Å². The number of carbonyl (C=O) groups is 2. The lowest BCUT2D eigenvalue weighted by atomic mass is 10.1. The van der Waals surface area contributed by atoms with E-state index in [2.05, 4.69) is 15.1 Å². The van der Waals surface area contributed by atoms with Crippen LogP contribution in [0, 0.1) is 0 Å². The molecule has 0 unspecified atom stereocenters. The van der Waals surface area contributed by atoms with E-state index in [1.165, 1.54) is 10.6 Å². The number of nitrogens with zero attached hydrogens (tertiary/aromatic N) is 6. The van der Waals surface area contributed by atoms with Gasteiger partial charge in [-0.3, -0.25) is 0 Å². The maximum atomic E-state index is 12.7. The third-order valence-corrected chi connectivity index (χ3v) is 4.98. The number of amides is 1. The maximum absolute atomic E-state index is 12.7. The fourth-order valence-electron chi connectivity index (χ4n) is 3.56. The Morgan fingerprint density at radius 1 is 1.23 bits per heavy atom. The minimum absolute atomic E-state index is 0.0788. The van der Waals surface area contributed by atoms with Gasteiger partial charge in [0.05, 0.1) is 12.6 Å². The largest absolute Gasteiger partial charge is 0.479 e. The van der Waals surface area contributed by atoms with E-state index in [-0.39, 0.29) is 36.1 Å². The normalized spacial score (nSPS) is 19.5. The molecule has 2 aromatic rings. The molecule has 3 heterocycles. The predicted octanol–water partition coefficient (Wildman–Crippen LogP) is 2.23. The zero-order valence-electron chi connectivity index (χ0n) is 18.8. The minimum Gasteiger partial charge on any atom is -0.479 e. The van der Waals surface area contributed by atoms with Crippen molar-refractivity contribution in [1.82, 2.24) is 24.5 Å². The Hall–Kier alpha value is -3.11. The van der Waals surface area contributed by atoms with Crippen molar-refractivity contribution >= 4 is 23.7 Å². The number of hydrogen-bond acceptors (Lipinski definition) is 9. The van der Waals surface area contributed by atoms with Crippen LogP contribution in [0.1, 0.15) is 58.5 Å². The Kier molecular flexibility index (Phi) is 6.23. The topological polar surface area (TPSA) is 122 Å². The highest BCUT2D eigenvalue weighted by Gasteiger charge is 2.37. The Bertz CT molecular complexity index is 969. The van der Waals surface area contributed by atoms with E-state index < -0.39 is 17.6 Å². The summed E-state index contributed by atoms with van der Waals surface area (Å²) in [6.45, 7) is 12.3. The molecule has 1 saturated heterocycles. The van der Waals surface area contributed by atoms with Gasteiger partial charge in [-0.05, 0) is 41.0 Å². The molecule has 1 N–H and O–H groups in total. The van der Waals surface area contributed by atoms with Crippen LogP contribution in [0.2, 0.25) is 0 Å². The van der Waals surface area contributed by atoms with Crippen LogP contribution < -0.4 is 4.90 Å². The third kappa shape index (κ3) is 4.80. The van der Waals surface area contributed by atoms with E-state index in [1.807, 2.05) is 39.5 Å². The Morgan fingerprint density at radius 3 is 2.55 bits per heavy atom. The Balaban J connectivity index is 1.94. The lowest BCUT2D eigenvalue weighted by Crippen LogP contribution is -2.60. The average molecular weight is 434 g/mol. The fourth-order valence-corrected chi connectivity index (χ4v) is 3.56. The molecule has 11 nitrogen and oxygen atoms in total. The predicted molar refractivity (Wildman–Crippen MR) is 112 cm³/mol. The van der Waals surface area contributed by atoms with E-state index >= 15 is 0 Å². The van der Waals surface area contributed by atoms with Gasteiger partial charge in [-0.2, -0.15) is 19.6 Å². The molecule has 1 aliphatic rings. The zero-order chi connectivity index (χ0) is 22.9. The van der Waals surface area contributed by atoms with Crippen LogP contribution in [0.15, 0.2) is 6.07 Å². The number of piperazine rings is 1. The molecule has 11 heteroatoms. The van der Waals surface area contributed by atoms with Crippen molar-refractivity contribution in [2.75, 3.05) is 24.6 Å². The molecule has 1 fully saturated rings. The second kappa shape index (κ2) is 8.56. The summed E-state index contributed by atoms with van der Waals surface area (Å²) < 4.78 is 12.0. The van der Waals surface area contributed by atoms with Gasteiger partial charge in [-0.25, -0.2) is 9.59 Å². The van der Waals surface area contributed by atoms with Crippen LogP contribution in [0.3, 0.4) is 0 Å². The molecule has 0 spiro atoms. The van der Waals surface area contributed by atoms with Gasteiger partial charge in [0.15, 0.2) is 11.3 Å². The number of hydrogen-bond donors (Lipinski definition) is 1. The van der Waals surface area contributed by atoms with Crippen molar-refractivity contribution in [3.63, 3.8) is 0 Å². The van der Waals surface area contributed by atoms with Crippen molar-refractivity contribution in [2.24, 2.45) is 0 Å². The molecule has 0 saturated carbocycles. The molecular formula is C20H30N6O5. The summed E-state index contributed by atoms with van der Waals surface area (Å²) in [5.41, 5.74) is -0.228. The quantitative estimate of drug-likeness (QED) is 0.722. The van der Waals surface area contributed by atoms with Crippen molar-refractivity contribution in [3.05, 3.63) is 11.8 Å². The lowest BCUT2D eigenvalue weighted by Gasteiger charge is -2.45. The standard InChI is InChI=1S/C20H30N6O5/c1-7-13-11-24(12(3)10-25(13)19(29)31-20(4,5)6)18-22-17(28)21-15-9-14(23-26(15)18)16(27)30-8-2/h9,12-13H,7-8,10-11H2,1-6H3,(H,21,28)/t12-,13+/m0/s1. The first-order valence-corrected chi connectivity index (χ1v) is 10.4. The molecule has 170 valence electrons. The molecule has 0 radical (unpaired) electrons. The number of anilines is 1. The maximum Gasteiger partial charge on any atom is 0.410 e. The molecule has 3 rings (SSSR count). The first-order chi connectivity index (χ1) is 14.5. The molecule has 0 aromatic carbocycles. The van der Waals surface area contributed by atoms with E-state index in [9.17, 15) is 14.7 Å². The number of aromatic hydroxyl groups is 1. The highest BCUT2D eigenvalue weighted by molar-refractivity contribution is 5.88. The van der Waals surface area contributed by atoms with E-state index in [4.69, 9.17) is 9.47 Å². The number of rotatable bonds is 4. The van der Waals surface area contributed by atoms with Gasteiger partial charge in [-0.15, -0.1) is 0 Å². The average Bonchev–Trinajstić information content (AvgIpc) is 3.10. The summed E-state index contributed by atoms with van der Waals surface area (Å²) in [6.07, 6.45) is 0.348. The molecule has 2 aromatic heterocycles. The molecule has 1 aliphatic heterocycles. The fraction of sp³-hybridized carbons (Fsp3) is 0.650. The van der Waals surface area contributed by atoms with Gasteiger partial charge < -0.3 is 24.4 Å². The third-order valence-electron chi connectivity index (χ3n) is 4.98. The van der Waals surface area contributed by atoms with Crippen LogP contribution in [0.25, 0.3) is 5.65 Å². The van der Waals surface area contributed by atoms with Gasteiger partial charge in [0, 0.05) is 25.2 Å². The summed E-state index contributed by atoms with van der Waals surface area (Å²) in [5.74, 6) is -0.236. The molecule has 0 bridgehead atoms. The molecule has 2 atom stereocenters. The van der Waals surface area contributed by atoms with Crippen molar-refractivity contribution in [1.29, 1.82) is 0 Å². The van der Waals surface area contributed by atoms with Crippen LogP contribution in [0.5, 0.6) is 6.01 Å². The van der Waals surface area contributed by atoms with Crippen molar-refractivity contribution in [3.8, 4) is 6.01 Å². The number of fused-ring (bicyclic) bond motifs is 1. The van der Waals surface area contributed by atoms with E-state index in [0.29, 0.717) is 25.5 Å². The highest BCUT2D eigenvalue weighted by Crippen LogP contribution is 2.26. The van der Waals surface area contributed by atoms with Gasteiger partial charge in [0.1, 0.15) is 5.60 Å². The summed E-state index contributed by atoms with van der Waals surface area (Å²) in [7, 11) is 0. The van der Waals surface area contributed by atoms with Crippen molar-refractivity contribution in [2.45, 2.75) is 65.6 Å². The van der Waals surface area contributed by atoms with Crippen LogP contribution in [-0.4, -0.2) is 79.0 Å². The summed E-state index contributed by atoms with van der Waals surface area (Å²) >= 11 is 0. The van der Waals surface area contributed by atoms with E-state index in [0.717, 1.165) is 0 Å². The number of ether oxygens (including phenoxy) is 2. The second-order valence-corrected chi connectivity index (χ2v) is 8.54. The summed E-state index contributed by atoms with van der Waals surface area (Å²) in [6, 6.07) is 0.746. The van der Waals surface area contributed by atoms with Crippen molar-refractivity contribution < 1.29 is 24.2 Å². The summed E-state index contributed by atoms with van der Waals surface area (Å²) in [4.78, 5) is 36.7. The molecule has 0 aliphatic carbocycles. The Labute approximate surface area is 181 Å². The second-order valence-electron chi connectivity index (χ2n) is 8.54. The first kappa shape index (κ1) is 22.6. The van der Waals surface area contributed by atoms with Gasteiger partial charge in [0.25, 0.3) is 0 Å². The number of aromatic nitrogens is 4. The van der Waals surface area contributed by atoms with Gasteiger partial charge >= 0.3 is 18.1 Å². The molecular weight excluding hydrogens is 404 g/mol. The zero-order valence-corrected chi connectivity index (χ0v) is 18.8. The number of carbonyl (C=O) groups excluding carboxylic acids is 2. The minimum atomic E-state index is -0.584. The van der Waals surface area contributed by atoms with Crippen LogP contribution in [0.4, 0.5) is 10.7 Å². The summed E-state index contributed by atoms with van der Waals surface area (Å²) in [5, 5.41) is 14.4. The van der Waals surface area contributed by atoms with Gasteiger partial charge in [-0.1, -0.05) is 6.92 Å². The van der Waals surface area contributed by atoms with Crippen LogP contribution >= 0.6 is 0 Å². The first-order valence-electron chi connectivity index (χ1n) is 10.4. The lowest BCUT2D eigenvalue weighted by molar-refractivity contribution is 0.0104. The van der Waals surface area contributed by atoms with E-state index in [1.54, 1.807) is 11.8 Å². The molecule has 1 amide bonds. The SMILES string of the molecule is CCOC(=O)c1cc2nc(O)nc(N3C[C@@H](CC)N(C(=O)OC(C)(C)C)C[C@@H]3C)n2n1. The van der Waals surface area contributed by atoms with Gasteiger partial charge in [0.2, 0.25) is 5.95 Å². The smallest absolute Gasteiger partial charge is 0.410 e. The monoisotopic (exact) mass is 434 g/mol. The Morgan fingerprint density at radius 2 is 1.94 bits per heavy atom. The molecule has 31 heavy (non-hydrogen) atoms.